The monoisotopic (exact) mass is 262 g/mol. The summed E-state index contributed by atoms with van der Waals surface area (Å²) in [5, 5.41) is 0. The molecule has 1 atom stereocenters. The number of nitrogens with two attached hydrogens (primary N) is 1. The van der Waals surface area contributed by atoms with Crippen LogP contribution in [-0.2, 0) is 0 Å². The molecule has 0 spiro atoms. The van der Waals surface area contributed by atoms with Crippen molar-refractivity contribution in [3.63, 3.8) is 0 Å². The highest BCUT2D eigenvalue weighted by atomic mass is 16.5. The van der Waals surface area contributed by atoms with Crippen molar-refractivity contribution in [2.75, 3.05) is 13.1 Å². The van der Waals surface area contributed by atoms with Crippen LogP contribution in [-0.4, -0.2) is 30.1 Å². The maximum absolute atomic E-state index is 5.99. The third-order valence-electron chi connectivity index (χ3n) is 3.64. The third-order valence-corrected chi connectivity index (χ3v) is 3.64. The molecule has 19 heavy (non-hydrogen) atoms. The minimum absolute atomic E-state index is 0.217. The molecule has 1 aromatic carbocycles. The molecule has 0 radical (unpaired) electrons. The van der Waals surface area contributed by atoms with E-state index in [-0.39, 0.29) is 6.10 Å². The van der Waals surface area contributed by atoms with Gasteiger partial charge in [-0.2, -0.15) is 0 Å². The average molecular weight is 262 g/mol. The predicted molar refractivity (Wildman–Crippen MR) is 79.4 cm³/mol. The topological polar surface area (TPSA) is 38.5 Å². The van der Waals surface area contributed by atoms with E-state index in [0.717, 1.165) is 18.3 Å². The van der Waals surface area contributed by atoms with Crippen LogP contribution in [0.1, 0.15) is 45.2 Å². The van der Waals surface area contributed by atoms with Crippen molar-refractivity contribution in [1.29, 1.82) is 0 Å². The summed E-state index contributed by atoms with van der Waals surface area (Å²) in [6, 6.07) is 9.49. The fourth-order valence-corrected chi connectivity index (χ4v) is 2.64. The Labute approximate surface area is 116 Å². The van der Waals surface area contributed by atoms with Gasteiger partial charge in [0.2, 0.25) is 0 Å². The van der Waals surface area contributed by atoms with Crippen LogP contribution in [0.4, 0.5) is 0 Å². The van der Waals surface area contributed by atoms with E-state index >= 15 is 0 Å². The van der Waals surface area contributed by atoms with Gasteiger partial charge >= 0.3 is 0 Å². The first-order chi connectivity index (χ1) is 9.15. The van der Waals surface area contributed by atoms with Crippen molar-refractivity contribution in [2.24, 2.45) is 5.73 Å². The normalized spacial score (nSPS) is 16.9. The molecule has 1 aromatic rings. The van der Waals surface area contributed by atoms with Crippen molar-refractivity contribution in [2.45, 2.75) is 51.8 Å². The molecule has 1 unspecified atom stereocenters. The molecule has 2 rings (SSSR count). The molecule has 0 bridgehead atoms. The maximum Gasteiger partial charge on any atom is 0.119 e. The van der Waals surface area contributed by atoms with Crippen molar-refractivity contribution >= 4 is 0 Å². The molecular formula is C16H26N2O. The predicted octanol–water partition coefficient (Wildman–Crippen LogP) is 2.96. The molecule has 2 N–H and O–H groups in total. The molecule has 1 saturated carbocycles. The number of nitrogens with zero attached hydrogens (tertiary/aromatic N) is 1. The van der Waals surface area contributed by atoms with Crippen LogP contribution in [0.3, 0.4) is 0 Å². The van der Waals surface area contributed by atoms with Gasteiger partial charge < -0.3 is 10.5 Å². The summed E-state index contributed by atoms with van der Waals surface area (Å²) in [5.41, 5.74) is 7.29. The Morgan fingerprint density at radius 1 is 1.26 bits per heavy atom. The van der Waals surface area contributed by atoms with Gasteiger partial charge in [-0.05, 0) is 50.9 Å². The lowest BCUT2D eigenvalue weighted by atomic mass is 10.0. The number of likely N-dealkylation sites (N-methyl/N-ethyl adjacent to an activating group) is 1. The van der Waals surface area contributed by atoms with Crippen molar-refractivity contribution < 1.29 is 4.74 Å². The Kier molecular flexibility index (Phi) is 4.83. The zero-order valence-electron chi connectivity index (χ0n) is 12.3. The van der Waals surface area contributed by atoms with E-state index < -0.39 is 0 Å². The minimum atomic E-state index is 0.217. The second-order valence-electron chi connectivity index (χ2n) is 5.55. The van der Waals surface area contributed by atoms with Gasteiger partial charge in [0, 0.05) is 18.6 Å². The van der Waals surface area contributed by atoms with Gasteiger partial charge in [0.15, 0.2) is 0 Å². The van der Waals surface area contributed by atoms with Crippen LogP contribution < -0.4 is 10.5 Å². The number of hydrogen-bond donors (Lipinski definition) is 1. The van der Waals surface area contributed by atoms with Crippen LogP contribution in [0, 0.1) is 0 Å². The van der Waals surface area contributed by atoms with E-state index in [2.05, 4.69) is 36.1 Å². The second-order valence-corrected chi connectivity index (χ2v) is 5.55. The molecule has 0 heterocycles. The smallest absolute Gasteiger partial charge is 0.119 e. The Balaban J connectivity index is 2.09. The van der Waals surface area contributed by atoms with E-state index in [1.807, 2.05) is 13.8 Å². The Morgan fingerprint density at radius 2 is 1.89 bits per heavy atom. The second kappa shape index (κ2) is 6.40. The first-order valence-electron chi connectivity index (χ1n) is 7.38. The van der Waals surface area contributed by atoms with Crippen LogP contribution in [0.15, 0.2) is 24.3 Å². The SMILES string of the molecule is CCN(C1CC1)C(CN)c1ccc(OC(C)C)cc1. The van der Waals surface area contributed by atoms with Crippen molar-refractivity contribution in [1.82, 2.24) is 4.90 Å². The number of benzene rings is 1. The zero-order valence-corrected chi connectivity index (χ0v) is 12.3. The van der Waals surface area contributed by atoms with E-state index in [4.69, 9.17) is 10.5 Å². The Hall–Kier alpha value is -1.06. The molecule has 0 amide bonds. The zero-order chi connectivity index (χ0) is 13.8. The summed E-state index contributed by atoms with van der Waals surface area (Å²) in [6.07, 6.45) is 2.85. The lowest BCUT2D eigenvalue weighted by Gasteiger charge is -2.30. The van der Waals surface area contributed by atoms with Crippen LogP contribution >= 0.6 is 0 Å². The van der Waals surface area contributed by atoms with Gasteiger partial charge in [-0.15, -0.1) is 0 Å². The summed E-state index contributed by atoms with van der Waals surface area (Å²) < 4.78 is 5.68. The fourth-order valence-electron chi connectivity index (χ4n) is 2.64. The first-order valence-corrected chi connectivity index (χ1v) is 7.38. The molecule has 1 fully saturated rings. The van der Waals surface area contributed by atoms with E-state index in [9.17, 15) is 0 Å². The molecule has 0 aromatic heterocycles. The Bertz CT molecular complexity index is 384. The summed E-state index contributed by atoms with van der Waals surface area (Å²) in [7, 11) is 0. The number of hydrogen-bond acceptors (Lipinski definition) is 3. The fraction of sp³-hybridized carbons (Fsp3) is 0.625. The van der Waals surface area contributed by atoms with Crippen LogP contribution in [0.25, 0.3) is 0 Å². The quantitative estimate of drug-likeness (QED) is 0.821. The highest BCUT2D eigenvalue weighted by molar-refractivity contribution is 5.30. The molecule has 1 aliphatic rings. The molecule has 3 nitrogen and oxygen atoms in total. The summed E-state index contributed by atoms with van der Waals surface area (Å²) in [5.74, 6) is 0.934. The summed E-state index contributed by atoms with van der Waals surface area (Å²) >= 11 is 0. The number of rotatable bonds is 7. The highest BCUT2D eigenvalue weighted by Gasteiger charge is 2.32. The van der Waals surface area contributed by atoms with Gasteiger partial charge in [0.1, 0.15) is 5.75 Å². The largest absolute Gasteiger partial charge is 0.491 e. The standard InChI is InChI=1S/C16H26N2O/c1-4-18(14-7-8-14)16(11-17)13-5-9-15(10-6-13)19-12(2)3/h5-6,9-10,12,14,16H,4,7-8,11,17H2,1-3H3. The Morgan fingerprint density at radius 3 is 2.32 bits per heavy atom. The van der Waals surface area contributed by atoms with E-state index in [1.165, 1.54) is 18.4 Å². The number of ether oxygens (including phenoxy) is 1. The molecule has 1 aliphatic carbocycles. The minimum Gasteiger partial charge on any atom is -0.491 e. The van der Waals surface area contributed by atoms with Crippen LogP contribution in [0.5, 0.6) is 5.75 Å². The highest BCUT2D eigenvalue weighted by Crippen LogP contribution is 2.34. The van der Waals surface area contributed by atoms with Gasteiger partial charge in [-0.3, -0.25) is 4.90 Å². The molecule has 0 aliphatic heterocycles. The molecule has 106 valence electrons. The summed E-state index contributed by atoms with van der Waals surface area (Å²) in [4.78, 5) is 2.53. The first kappa shape index (κ1) is 14.4. The lowest BCUT2D eigenvalue weighted by Crippen LogP contribution is -2.35. The van der Waals surface area contributed by atoms with Crippen LogP contribution in [0.2, 0.25) is 0 Å². The molecule has 0 saturated heterocycles. The lowest BCUT2D eigenvalue weighted by molar-refractivity contribution is 0.201. The third kappa shape index (κ3) is 3.71. The van der Waals surface area contributed by atoms with Gasteiger partial charge in [0.25, 0.3) is 0 Å². The van der Waals surface area contributed by atoms with Gasteiger partial charge in [0.05, 0.1) is 6.10 Å². The van der Waals surface area contributed by atoms with E-state index in [0.29, 0.717) is 12.6 Å². The van der Waals surface area contributed by atoms with Gasteiger partial charge in [-0.1, -0.05) is 19.1 Å². The average Bonchev–Trinajstić information content (AvgIpc) is 3.20. The summed E-state index contributed by atoms with van der Waals surface area (Å²) in [6.45, 7) is 8.05. The van der Waals surface area contributed by atoms with Gasteiger partial charge in [-0.25, -0.2) is 0 Å². The van der Waals surface area contributed by atoms with Crippen molar-refractivity contribution in [3.8, 4) is 5.75 Å². The van der Waals surface area contributed by atoms with Crippen molar-refractivity contribution in [3.05, 3.63) is 29.8 Å². The molecular weight excluding hydrogens is 236 g/mol. The molecule has 3 heteroatoms. The maximum atomic E-state index is 5.99. The van der Waals surface area contributed by atoms with E-state index in [1.54, 1.807) is 0 Å².